The molecule has 3 aromatic carbocycles. The number of amides is 5. The summed E-state index contributed by atoms with van der Waals surface area (Å²) in [5.41, 5.74) is 9.34. The number of nitrogens with one attached hydrogen (secondary N) is 4. The molecule has 6 N–H and O–H groups in total. The molecule has 5 amide bonds. The second-order valence-electron chi connectivity index (χ2n) is 13.5. The van der Waals surface area contributed by atoms with Crippen molar-refractivity contribution in [2.45, 2.75) is 68.8 Å². The van der Waals surface area contributed by atoms with E-state index in [9.17, 15) is 32.4 Å². The summed E-state index contributed by atoms with van der Waals surface area (Å²) >= 11 is 0. The number of nitrogens with zero attached hydrogens (tertiary/aromatic N) is 3. The fraction of sp³-hybridized carbons (Fsp3) is 0.293. The maximum atomic E-state index is 13.0. The summed E-state index contributed by atoms with van der Waals surface area (Å²) in [5.74, 6) is 4.55. The molecule has 1 unspecified atom stereocenters. The lowest BCUT2D eigenvalue weighted by Gasteiger charge is -2.29. The molecule has 1 aromatic heterocycles. The zero-order valence-corrected chi connectivity index (χ0v) is 31.9. The van der Waals surface area contributed by atoms with Crippen molar-refractivity contribution in [3.63, 3.8) is 0 Å². The Bertz CT molecular complexity index is 2340. The first-order valence-electron chi connectivity index (χ1n) is 18.6. The topological polar surface area (TPSA) is 223 Å². The van der Waals surface area contributed by atoms with E-state index in [1.165, 1.54) is 23.2 Å². The molecule has 1 atom stereocenters. The molecule has 2 aliphatic rings. The van der Waals surface area contributed by atoms with Crippen LogP contribution in [0, 0.1) is 11.8 Å². The lowest BCUT2D eigenvalue weighted by atomic mass is 10.0. The second-order valence-corrected chi connectivity index (χ2v) is 15.3. The summed E-state index contributed by atoms with van der Waals surface area (Å²) in [6, 6.07) is 19.5. The molecule has 294 valence electrons. The molecule has 4 aromatic rings. The molecule has 0 radical (unpaired) electrons. The van der Waals surface area contributed by atoms with Gasteiger partial charge in [0.05, 0.1) is 16.8 Å². The van der Waals surface area contributed by atoms with Crippen LogP contribution in [0.15, 0.2) is 83.9 Å². The Balaban J connectivity index is 0.869. The van der Waals surface area contributed by atoms with Crippen LogP contribution in [0.2, 0.25) is 0 Å². The SMILES string of the molecule is Nc1ncc(-c2ccc(S(=O)(=O)NCCCCCC(=O)NCCCC#Cc3cccc4c3CN(C3CCC(=O)NC3=O)C4=O)cc2)nc1C(=O)Nc1ccccc1. The van der Waals surface area contributed by atoms with Gasteiger partial charge in [-0.15, -0.1) is 0 Å². The van der Waals surface area contributed by atoms with Crippen LogP contribution in [0.4, 0.5) is 11.5 Å². The van der Waals surface area contributed by atoms with Gasteiger partial charge in [0.15, 0.2) is 11.5 Å². The van der Waals surface area contributed by atoms with Crippen molar-refractivity contribution in [2.24, 2.45) is 0 Å². The Morgan fingerprint density at radius 1 is 0.930 bits per heavy atom. The van der Waals surface area contributed by atoms with Gasteiger partial charge in [-0.05, 0) is 67.6 Å². The minimum atomic E-state index is -3.78. The van der Waals surface area contributed by atoms with Crippen LogP contribution in [0.5, 0.6) is 0 Å². The molecule has 0 bridgehead atoms. The Morgan fingerprint density at radius 2 is 1.72 bits per heavy atom. The molecule has 57 heavy (non-hydrogen) atoms. The van der Waals surface area contributed by atoms with Crippen molar-refractivity contribution in [3.8, 4) is 23.1 Å². The molecule has 1 fully saturated rings. The second kappa shape index (κ2) is 18.5. The quantitative estimate of drug-likeness (QED) is 0.0670. The number of nitrogens with two attached hydrogens (primary N) is 1. The number of sulfonamides is 1. The molecule has 0 saturated carbocycles. The van der Waals surface area contributed by atoms with E-state index in [1.54, 1.807) is 48.5 Å². The normalized spacial score (nSPS) is 15.0. The molecule has 1 saturated heterocycles. The minimum absolute atomic E-state index is 0.0354. The Hall–Kier alpha value is -6.44. The molecule has 3 heterocycles. The minimum Gasteiger partial charge on any atom is -0.382 e. The summed E-state index contributed by atoms with van der Waals surface area (Å²) in [5, 5.41) is 7.92. The maximum Gasteiger partial charge on any atom is 0.278 e. The average Bonchev–Trinajstić information content (AvgIpc) is 3.54. The lowest BCUT2D eigenvalue weighted by Crippen LogP contribution is -2.52. The van der Waals surface area contributed by atoms with Crippen LogP contribution in [0.25, 0.3) is 11.3 Å². The van der Waals surface area contributed by atoms with Crippen molar-refractivity contribution in [2.75, 3.05) is 24.1 Å². The van der Waals surface area contributed by atoms with E-state index >= 15 is 0 Å². The number of rotatable bonds is 15. The number of piperidine rings is 1. The Morgan fingerprint density at radius 3 is 2.49 bits per heavy atom. The molecule has 0 aliphatic carbocycles. The molecular weight excluding hydrogens is 749 g/mol. The highest BCUT2D eigenvalue weighted by atomic mass is 32.2. The summed E-state index contributed by atoms with van der Waals surface area (Å²) in [7, 11) is -3.78. The number of anilines is 2. The number of carbonyl (C=O) groups excluding carboxylic acids is 5. The van der Waals surface area contributed by atoms with Gasteiger partial charge in [-0.2, -0.15) is 0 Å². The van der Waals surface area contributed by atoms with Gasteiger partial charge in [0.25, 0.3) is 11.8 Å². The third-order valence-corrected chi connectivity index (χ3v) is 11.0. The number of hydrogen-bond acceptors (Lipinski definition) is 10. The molecule has 6 rings (SSSR count). The number of para-hydroxylation sites is 1. The molecule has 15 nitrogen and oxygen atoms in total. The number of nitrogen functional groups attached to an aromatic ring is 1. The van der Waals surface area contributed by atoms with Crippen LogP contribution in [-0.2, 0) is 31.0 Å². The number of imide groups is 1. The first kappa shape index (κ1) is 40.2. The van der Waals surface area contributed by atoms with Crippen LogP contribution in [0.3, 0.4) is 0 Å². The third kappa shape index (κ3) is 10.3. The van der Waals surface area contributed by atoms with Gasteiger partial charge in [0, 0.05) is 61.3 Å². The number of benzene rings is 3. The van der Waals surface area contributed by atoms with E-state index in [-0.39, 0.29) is 53.6 Å². The first-order chi connectivity index (χ1) is 27.5. The van der Waals surface area contributed by atoms with Crippen molar-refractivity contribution in [1.82, 2.24) is 30.2 Å². The summed E-state index contributed by atoms with van der Waals surface area (Å²) in [6.45, 7) is 0.919. The van der Waals surface area contributed by atoms with Crippen LogP contribution in [0.1, 0.15) is 83.3 Å². The van der Waals surface area contributed by atoms with Gasteiger partial charge in [0.2, 0.25) is 27.7 Å². The molecule has 16 heteroatoms. The zero-order chi connectivity index (χ0) is 40.4. The van der Waals surface area contributed by atoms with Gasteiger partial charge in [0.1, 0.15) is 6.04 Å². The number of carbonyl (C=O) groups is 5. The monoisotopic (exact) mass is 790 g/mol. The van der Waals surface area contributed by atoms with Crippen molar-refractivity contribution in [3.05, 3.63) is 101 Å². The van der Waals surface area contributed by atoms with E-state index in [2.05, 4.69) is 42.5 Å². The van der Waals surface area contributed by atoms with Gasteiger partial charge >= 0.3 is 0 Å². The Kier molecular flexibility index (Phi) is 13.0. The van der Waals surface area contributed by atoms with Crippen molar-refractivity contribution in [1.29, 1.82) is 0 Å². The Labute approximate surface area is 330 Å². The van der Waals surface area contributed by atoms with Gasteiger partial charge < -0.3 is 21.3 Å². The van der Waals surface area contributed by atoms with E-state index in [1.807, 2.05) is 12.1 Å². The average molecular weight is 791 g/mol. The first-order valence-corrected chi connectivity index (χ1v) is 20.1. The van der Waals surface area contributed by atoms with Gasteiger partial charge in [-0.25, -0.2) is 23.1 Å². The fourth-order valence-electron chi connectivity index (χ4n) is 6.45. The highest BCUT2D eigenvalue weighted by molar-refractivity contribution is 7.89. The van der Waals surface area contributed by atoms with E-state index in [0.29, 0.717) is 79.6 Å². The van der Waals surface area contributed by atoms with Crippen molar-refractivity contribution < 1.29 is 32.4 Å². The van der Waals surface area contributed by atoms with E-state index in [0.717, 1.165) is 5.56 Å². The standard InChI is InChI=1S/C41H42N8O7S/c42-38-37(40(53)46-29-13-5-1-6-14-29)47-33(25-44-38)28-17-19-30(20-18-28)57(55,56)45-24-9-3-7-16-35(50)43-23-8-2-4-11-27-12-10-15-31-32(27)26-49(41(31)54)34-21-22-36(51)48-39(34)52/h1,5-6,10,12-15,17-20,25,34,45H,2-3,7-9,16,21-24,26H2,(H2,42,44)(H,43,50)(H,46,53)(H,48,51,52). The van der Waals surface area contributed by atoms with Crippen LogP contribution >= 0.6 is 0 Å². The highest BCUT2D eigenvalue weighted by Gasteiger charge is 2.39. The number of unbranched alkanes of at least 4 members (excludes halogenated alkanes) is 3. The van der Waals surface area contributed by atoms with Crippen molar-refractivity contribution >= 4 is 51.1 Å². The smallest absolute Gasteiger partial charge is 0.278 e. The molecular formula is C41H42N8O7S. The largest absolute Gasteiger partial charge is 0.382 e. The van der Waals surface area contributed by atoms with Crippen LogP contribution < -0.4 is 26.4 Å². The van der Waals surface area contributed by atoms with Gasteiger partial charge in [-0.1, -0.05) is 54.7 Å². The lowest BCUT2D eigenvalue weighted by molar-refractivity contribution is -0.137. The highest BCUT2D eigenvalue weighted by Crippen LogP contribution is 2.29. The van der Waals surface area contributed by atoms with Gasteiger partial charge in [-0.3, -0.25) is 29.3 Å². The molecule has 2 aliphatic heterocycles. The maximum absolute atomic E-state index is 13.0. The van der Waals surface area contributed by atoms with E-state index in [4.69, 9.17) is 5.73 Å². The van der Waals surface area contributed by atoms with E-state index < -0.39 is 27.9 Å². The zero-order valence-electron chi connectivity index (χ0n) is 31.0. The fourth-order valence-corrected chi connectivity index (χ4v) is 7.53. The number of hydrogen-bond donors (Lipinski definition) is 5. The predicted octanol–water partition coefficient (Wildman–Crippen LogP) is 3.53. The third-order valence-electron chi connectivity index (χ3n) is 9.49. The van der Waals surface area contributed by atoms with Crippen LogP contribution in [-0.4, -0.2) is 72.0 Å². The number of fused-ring (bicyclic) bond motifs is 1. The molecule has 0 spiro atoms. The predicted molar refractivity (Wildman–Crippen MR) is 212 cm³/mol. The number of aromatic nitrogens is 2. The summed E-state index contributed by atoms with van der Waals surface area (Å²) in [4.78, 5) is 72.0. The summed E-state index contributed by atoms with van der Waals surface area (Å²) < 4.78 is 28.4. The summed E-state index contributed by atoms with van der Waals surface area (Å²) in [6.07, 6.45) is 5.19.